The van der Waals surface area contributed by atoms with Gasteiger partial charge in [0.25, 0.3) is 10.1 Å². The molecule has 0 radical (unpaired) electrons. The van der Waals surface area contributed by atoms with E-state index in [2.05, 4.69) is 0 Å². The summed E-state index contributed by atoms with van der Waals surface area (Å²) in [6.45, 7) is 0. The first-order valence-corrected chi connectivity index (χ1v) is 10.5. The van der Waals surface area contributed by atoms with E-state index in [1.807, 2.05) is 30.3 Å². The molecule has 0 saturated heterocycles. The van der Waals surface area contributed by atoms with Crippen LogP contribution in [0.4, 0.5) is 0 Å². The first kappa shape index (κ1) is 17.4. The number of aryl methyl sites for hydroxylation is 1. The van der Waals surface area contributed by atoms with Gasteiger partial charge in [-0.2, -0.15) is 8.42 Å². The molecule has 1 fully saturated rings. The highest BCUT2D eigenvalue weighted by molar-refractivity contribution is 7.86. The molecule has 1 aliphatic rings. The summed E-state index contributed by atoms with van der Waals surface area (Å²) in [5.74, 6) is 0.858. The lowest BCUT2D eigenvalue weighted by Crippen LogP contribution is -2.07. The van der Waals surface area contributed by atoms with Crippen molar-refractivity contribution in [3.63, 3.8) is 0 Å². The van der Waals surface area contributed by atoms with Gasteiger partial charge in [0, 0.05) is 5.39 Å². The maximum Gasteiger partial charge on any atom is 0.295 e. The van der Waals surface area contributed by atoms with Gasteiger partial charge in [0.1, 0.15) is 4.90 Å². The van der Waals surface area contributed by atoms with Crippen molar-refractivity contribution in [2.24, 2.45) is 5.92 Å². The fourth-order valence-electron chi connectivity index (χ4n) is 4.01. The lowest BCUT2D eigenvalue weighted by Gasteiger charge is -2.21. The molecule has 0 heterocycles. The Kier molecular flexibility index (Phi) is 5.57. The molecule has 0 atom stereocenters. The number of rotatable bonds is 6. The molecule has 2 aromatic rings. The first-order chi connectivity index (χ1) is 11.6. The highest BCUT2D eigenvalue weighted by Crippen LogP contribution is 2.30. The summed E-state index contributed by atoms with van der Waals surface area (Å²) in [6.07, 6.45) is 10.9. The van der Waals surface area contributed by atoms with Crippen LogP contribution in [0.2, 0.25) is 0 Å². The van der Waals surface area contributed by atoms with Crippen LogP contribution in [0.5, 0.6) is 0 Å². The van der Waals surface area contributed by atoms with Crippen LogP contribution in [0.1, 0.15) is 56.9 Å². The van der Waals surface area contributed by atoms with Gasteiger partial charge in [-0.1, -0.05) is 81.3 Å². The predicted octanol–water partition coefficient (Wildman–Crippen LogP) is 5.38. The van der Waals surface area contributed by atoms with E-state index in [0.717, 1.165) is 29.7 Å². The molecule has 1 saturated carbocycles. The molecule has 2 aromatic carbocycles. The summed E-state index contributed by atoms with van der Waals surface area (Å²) in [4.78, 5) is 0.0956. The van der Waals surface area contributed by atoms with Crippen LogP contribution < -0.4 is 0 Å². The Morgan fingerprint density at radius 3 is 2.46 bits per heavy atom. The third-order valence-electron chi connectivity index (χ3n) is 5.25. The minimum absolute atomic E-state index is 0.0956. The predicted molar refractivity (Wildman–Crippen MR) is 97.9 cm³/mol. The quantitative estimate of drug-likeness (QED) is 0.564. The average molecular weight is 346 g/mol. The van der Waals surface area contributed by atoms with Gasteiger partial charge >= 0.3 is 0 Å². The van der Waals surface area contributed by atoms with Gasteiger partial charge in [-0.05, 0) is 29.7 Å². The highest BCUT2D eigenvalue weighted by Gasteiger charge is 2.19. The van der Waals surface area contributed by atoms with Gasteiger partial charge in [0.2, 0.25) is 0 Å². The summed E-state index contributed by atoms with van der Waals surface area (Å²) in [5, 5.41) is 1.46. The topological polar surface area (TPSA) is 54.4 Å². The molecule has 24 heavy (non-hydrogen) atoms. The molecular weight excluding hydrogens is 320 g/mol. The summed E-state index contributed by atoms with van der Waals surface area (Å²) in [6, 6.07) is 11.1. The zero-order valence-corrected chi connectivity index (χ0v) is 14.9. The standard InChI is InChI=1S/C20H26O3S/c21-24(22,23)20-18(15-14-17-11-6-7-13-19(17)20)12-5-4-10-16-8-2-1-3-9-16/h6-7,11,13-16H,1-5,8-10,12H2,(H,21,22,23). The molecule has 1 N–H and O–H groups in total. The van der Waals surface area contributed by atoms with E-state index in [-0.39, 0.29) is 4.90 Å². The van der Waals surface area contributed by atoms with E-state index in [1.165, 1.54) is 38.5 Å². The minimum atomic E-state index is -4.22. The molecule has 0 aliphatic heterocycles. The Morgan fingerprint density at radius 2 is 1.71 bits per heavy atom. The molecule has 130 valence electrons. The Balaban J connectivity index is 1.72. The van der Waals surface area contributed by atoms with Crippen LogP contribution in [0.3, 0.4) is 0 Å². The van der Waals surface area contributed by atoms with Crippen molar-refractivity contribution in [1.82, 2.24) is 0 Å². The molecule has 0 aromatic heterocycles. The lowest BCUT2D eigenvalue weighted by atomic mass is 9.85. The summed E-state index contributed by atoms with van der Waals surface area (Å²) in [5.41, 5.74) is 0.736. The molecule has 1 aliphatic carbocycles. The number of benzene rings is 2. The Hall–Kier alpha value is -1.39. The van der Waals surface area contributed by atoms with E-state index in [0.29, 0.717) is 11.8 Å². The molecule has 4 heteroatoms. The number of unbranched alkanes of at least 4 members (excludes halogenated alkanes) is 1. The minimum Gasteiger partial charge on any atom is -0.282 e. The Labute approximate surface area is 144 Å². The molecule has 3 rings (SSSR count). The largest absolute Gasteiger partial charge is 0.295 e. The maximum absolute atomic E-state index is 11.9. The van der Waals surface area contributed by atoms with E-state index in [4.69, 9.17) is 0 Å². The van der Waals surface area contributed by atoms with Gasteiger partial charge in [-0.15, -0.1) is 0 Å². The van der Waals surface area contributed by atoms with Gasteiger partial charge in [-0.25, -0.2) is 0 Å². The second kappa shape index (κ2) is 7.66. The third kappa shape index (κ3) is 4.17. The van der Waals surface area contributed by atoms with Crippen molar-refractivity contribution in [2.45, 2.75) is 62.7 Å². The second-order valence-corrected chi connectivity index (χ2v) is 8.36. The normalized spacial score (nSPS) is 16.5. The summed E-state index contributed by atoms with van der Waals surface area (Å²) >= 11 is 0. The van der Waals surface area contributed by atoms with Crippen LogP contribution in [0.25, 0.3) is 10.8 Å². The molecule has 0 spiro atoms. The van der Waals surface area contributed by atoms with Crippen molar-refractivity contribution in [3.8, 4) is 0 Å². The number of hydrogen-bond acceptors (Lipinski definition) is 2. The van der Waals surface area contributed by atoms with Crippen molar-refractivity contribution in [1.29, 1.82) is 0 Å². The van der Waals surface area contributed by atoms with Crippen LogP contribution >= 0.6 is 0 Å². The fraction of sp³-hybridized carbons (Fsp3) is 0.500. The van der Waals surface area contributed by atoms with Crippen molar-refractivity contribution < 1.29 is 13.0 Å². The van der Waals surface area contributed by atoms with E-state index in [1.54, 1.807) is 6.07 Å². The van der Waals surface area contributed by atoms with Crippen molar-refractivity contribution >= 4 is 20.9 Å². The van der Waals surface area contributed by atoms with E-state index < -0.39 is 10.1 Å². The molecule has 3 nitrogen and oxygen atoms in total. The molecular formula is C20H26O3S. The monoisotopic (exact) mass is 346 g/mol. The summed E-state index contributed by atoms with van der Waals surface area (Å²) < 4.78 is 33.5. The van der Waals surface area contributed by atoms with Crippen LogP contribution in [0.15, 0.2) is 41.3 Å². The van der Waals surface area contributed by atoms with Gasteiger partial charge < -0.3 is 0 Å². The van der Waals surface area contributed by atoms with Gasteiger partial charge in [0.15, 0.2) is 0 Å². The molecule has 0 unspecified atom stereocenters. The Morgan fingerprint density at radius 1 is 0.958 bits per heavy atom. The number of fused-ring (bicyclic) bond motifs is 1. The van der Waals surface area contributed by atoms with Crippen molar-refractivity contribution in [3.05, 3.63) is 42.0 Å². The zero-order valence-electron chi connectivity index (χ0n) is 14.1. The molecule has 0 amide bonds. The van der Waals surface area contributed by atoms with Crippen LogP contribution in [-0.2, 0) is 16.5 Å². The SMILES string of the molecule is O=S(=O)(O)c1c(CCCCC2CCCCC2)ccc2ccccc12. The van der Waals surface area contributed by atoms with E-state index >= 15 is 0 Å². The zero-order chi connectivity index (χ0) is 17.0. The van der Waals surface area contributed by atoms with Crippen molar-refractivity contribution in [2.75, 3.05) is 0 Å². The lowest BCUT2D eigenvalue weighted by molar-refractivity contribution is 0.329. The molecule has 0 bridgehead atoms. The summed E-state index contributed by atoms with van der Waals surface area (Å²) in [7, 11) is -4.22. The smallest absolute Gasteiger partial charge is 0.282 e. The second-order valence-electron chi connectivity index (χ2n) is 7.00. The van der Waals surface area contributed by atoms with E-state index in [9.17, 15) is 13.0 Å². The van der Waals surface area contributed by atoms with Crippen LogP contribution in [0, 0.1) is 5.92 Å². The Bertz CT molecular complexity index is 790. The average Bonchev–Trinajstić information content (AvgIpc) is 2.58. The number of hydrogen-bond donors (Lipinski definition) is 1. The fourth-order valence-corrected chi connectivity index (χ4v) is 4.98. The van der Waals surface area contributed by atoms with Crippen LogP contribution in [-0.4, -0.2) is 13.0 Å². The van der Waals surface area contributed by atoms with Gasteiger partial charge in [-0.3, -0.25) is 4.55 Å². The van der Waals surface area contributed by atoms with Gasteiger partial charge in [0.05, 0.1) is 0 Å². The third-order valence-corrected chi connectivity index (χ3v) is 6.25. The first-order valence-electron chi connectivity index (χ1n) is 9.04. The highest BCUT2D eigenvalue weighted by atomic mass is 32.2. The maximum atomic E-state index is 11.9.